The minimum absolute atomic E-state index is 0.0114. The molecule has 0 atom stereocenters. The number of aryl methyl sites for hydroxylation is 2. The Bertz CT molecular complexity index is 1060. The average Bonchev–Trinajstić information content (AvgIpc) is 3.19. The second-order valence-corrected chi connectivity index (χ2v) is 10.3. The van der Waals surface area contributed by atoms with E-state index in [1.165, 1.54) is 15.8 Å². The van der Waals surface area contributed by atoms with E-state index in [9.17, 15) is 4.79 Å². The summed E-state index contributed by atoms with van der Waals surface area (Å²) in [6, 6.07) is 12.3. The topological polar surface area (TPSA) is 48.5 Å². The second-order valence-electron chi connectivity index (χ2n) is 7.97. The van der Waals surface area contributed by atoms with Crippen LogP contribution in [0.3, 0.4) is 0 Å². The number of benzene rings is 2. The molecule has 1 aliphatic heterocycles. The van der Waals surface area contributed by atoms with Crippen LogP contribution in [-0.4, -0.2) is 60.8 Å². The Hall–Kier alpha value is -2.09. The Morgan fingerprint density at radius 3 is 2.74 bits per heavy atom. The highest BCUT2D eigenvalue weighted by Gasteiger charge is 2.20. The zero-order valence-corrected chi connectivity index (χ0v) is 20.1. The number of hydrogen-bond donors (Lipinski definition) is 1. The van der Waals surface area contributed by atoms with Gasteiger partial charge in [-0.25, -0.2) is 4.98 Å². The Labute approximate surface area is 192 Å². The molecule has 7 heteroatoms. The first kappa shape index (κ1) is 22.1. The molecule has 1 aromatic heterocycles. The lowest BCUT2D eigenvalue weighted by Gasteiger charge is -2.34. The molecule has 1 N–H and O–H groups in total. The van der Waals surface area contributed by atoms with Crippen LogP contribution in [0.2, 0.25) is 0 Å². The van der Waals surface area contributed by atoms with Gasteiger partial charge in [-0.2, -0.15) is 0 Å². The Kier molecular flexibility index (Phi) is 7.15. The van der Waals surface area contributed by atoms with Gasteiger partial charge in [0.1, 0.15) is 0 Å². The first-order valence-corrected chi connectivity index (χ1v) is 12.7. The lowest BCUT2D eigenvalue weighted by molar-refractivity contribution is 0.0947. The van der Waals surface area contributed by atoms with Crippen LogP contribution in [0.5, 0.6) is 0 Å². The molecular formula is C24H30N4OS2. The number of fused-ring (bicyclic) bond motifs is 1. The lowest BCUT2D eigenvalue weighted by atomic mass is 10.1. The van der Waals surface area contributed by atoms with Crippen LogP contribution in [0, 0.1) is 13.8 Å². The van der Waals surface area contributed by atoms with Gasteiger partial charge >= 0.3 is 0 Å². The molecule has 31 heavy (non-hydrogen) atoms. The fourth-order valence-electron chi connectivity index (χ4n) is 3.99. The molecule has 1 amide bonds. The number of amides is 1. The van der Waals surface area contributed by atoms with Crippen LogP contribution in [0.1, 0.15) is 28.4 Å². The summed E-state index contributed by atoms with van der Waals surface area (Å²) in [5.74, 6) is 1.02. The van der Waals surface area contributed by atoms with E-state index in [0.717, 1.165) is 59.6 Å². The maximum absolute atomic E-state index is 12.5. The van der Waals surface area contributed by atoms with Gasteiger partial charge in [0.25, 0.3) is 5.91 Å². The van der Waals surface area contributed by atoms with Crippen molar-refractivity contribution in [3.05, 3.63) is 53.1 Å². The Morgan fingerprint density at radius 1 is 1.16 bits per heavy atom. The highest BCUT2D eigenvalue weighted by atomic mass is 32.2. The predicted molar refractivity (Wildman–Crippen MR) is 133 cm³/mol. The van der Waals surface area contributed by atoms with Crippen molar-refractivity contribution in [1.82, 2.24) is 15.2 Å². The quantitative estimate of drug-likeness (QED) is 0.530. The number of nitrogens with one attached hydrogen (secondary N) is 1. The summed E-state index contributed by atoms with van der Waals surface area (Å²) in [5, 5.41) is 4.20. The highest BCUT2D eigenvalue weighted by molar-refractivity contribution is 7.99. The van der Waals surface area contributed by atoms with Gasteiger partial charge in [-0.1, -0.05) is 30.4 Å². The third-order valence-electron chi connectivity index (χ3n) is 5.57. The van der Waals surface area contributed by atoms with Crippen LogP contribution in [0.15, 0.2) is 41.3 Å². The van der Waals surface area contributed by atoms with Crippen molar-refractivity contribution in [2.75, 3.05) is 49.9 Å². The number of carbonyl (C=O) groups is 1. The maximum atomic E-state index is 12.5. The van der Waals surface area contributed by atoms with E-state index < -0.39 is 0 Å². The predicted octanol–water partition coefficient (Wildman–Crippen LogP) is 4.58. The van der Waals surface area contributed by atoms with Crippen molar-refractivity contribution in [1.29, 1.82) is 0 Å². The molecule has 0 bridgehead atoms. The first-order chi connectivity index (χ1) is 15.0. The third kappa shape index (κ3) is 5.40. The van der Waals surface area contributed by atoms with Crippen LogP contribution in [0.25, 0.3) is 10.2 Å². The van der Waals surface area contributed by atoms with Gasteiger partial charge in [-0.15, -0.1) is 11.8 Å². The number of anilines is 1. The molecule has 2 heterocycles. The first-order valence-electron chi connectivity index (χ1n) is 10.9. The zero-order chi connectivity index (χ0) is 21.8. The zero-order valence-electron chi connectivity index (χ0n) is 18.5. The number of thioether (sulfide) groups is 1. The fraction of sp³-hybridized carbons (Fsp3) is 0.417. The summed E-state index contributed by atoms with van der Waals surface area (Å²) in [5.41, 5.74) is 4.44. The monoisotopic (exact) mass is 454 g/mol. The summed E-state index contributed by atoms with van der Waals surface area (Å²) in [6.45, 7) is 11.9. The largest absolute Gasteiger partial charge is 0.351 e. The third-order valence-corrected chi connectivity index (χ3v) is 7.72. The minimum atomic E-state index is 0.0114. The SMILES string of the molecule is CCSc1cccc(C(=O)NCCN2CCN(c3nc4cc(C)cc(C)c4s3)CC2)c1. The molecule has 3 aromatic rings. The fourth-order valence-corrected chi connectivity index (χ4v) is 5.77. The van der Waals surface area contributed by atoms with Gasteiger partial charge in [0, 0.05) is 49.7 Å². The average molecular weight is 455 g/mol. The van der Waals surface area contributed by atoms with Crippen molar-refractivity contribution in [3.63, 3.8) is 0 Å². The molecule has 0 unspecified atom stereocenters. The molecule has 1 saturated heterocycles. The van der Waals surface area contributed by atoms with Crippen molar-refractivity contribution >= 4 is 44.4 Å². The number of carbonyl (C=O) groups excluding carboxylic acids is 1. The smallest absolute Gasteiger partial charge is 0.251 e. The number of nitrogens with zero attached hydrogens (tertiary/aromatic N) is 3. The number of piperazine rings is 1. The number of rotatable bonds is 7. The normalized spacial score (nSPS) is 14.9. The summed E-state index contributed by atoms with van der Waals surface area (Å²) < 4.78 is 1.30. The number of hydrogen-bond acceptors (Lipinski definition) is 6. The van der Waals surface area contributed by atoms with E-state index in [0.29, 0.717) is 6.54 Å². The minimum Gasteiger partial charge on any atom is -0.351 e. The Balaban J connectivity index is 1.26. The van der Waals surface area contributed by atoms with Crippen LogP contribution in [0.4, 0.5) is 5.13 Å². The van der Waals surface area contributed by atoms with E-state index in [1.807, 2.05) is 18.2 Å². The van der Waals surface area contributed by atoms with Gasteiger partial charge in [-0.3, -0.25) is 9.69 Å². The van der Waals surface area contributed by atoms with Gasteiger partial charge in [0.05, 0.1) is 10.2 Å². The van der Waals surface area contributed by atoms with E-state index in [1.54, 1.807) is 23.1 Å². The molecule has 0 spiro atoms. The highest BCUT2D eigenvalue weighted by Crippen LogP contribution is 2.32. The van der Waals surface area contributed by atoms with Gasteiger partial charge < -0.3 is 10.2 Å². The Morgan fingerprint density at radius 2 is 1.97 bits per heavy atom. The number of aromatic nitrogens is 1. The summed E-state index contributed by atoms with van der Waals surface area (Å²) in [7, 11) is 0. The number of thiazole rings is 1. The molecule has 1 aliphatic rings. The molecule has 0 radical (unpaired) electrons. The maximum Gasteiger partial charge on any atom is 0.251 e. The molecule has 4 rings (SSSR count). The van der Waals surface area contributed by atoms with Gasteiger partial charge in [-0.05, 0) is 55.0 Å². The van der Waals surface area contributed by atoms with Crippen molar-refractivity contribution in [2.45, 2.75) is 25.7 Å². The molecular weight excluding hydrogens is 424 g/mol. The lowest BCUT2D eigenvalue weighted by Crippen LogP contribution is -2.48. The van der Waals surface area contributed by atoms with Crippen LogP contribution < -0.4 is 10.2 Å². The van der Waals surface area contributed by atoms with E-state index >= 15 is 0 Å². The molecule has 0 saturated carbocycles. The van der Waals surface area contributed by atoms with Crippen LogP contribution in [-0.2, 0) is 0 Å². The molecule has 0 aliphatic carbocycles. The van der Waals surface area contributed by atoms with Crippen molar-refractivity contribution in [3.8, 4) is 0 Å². The van der Waals surface area contributed by atoms with Gasteiger partial charge in [0.2, 0.25) is 0 Å². The van der Waals surface area contributed by atoms with Crippen molar-refractivity contribution < 1.29 is 4.79 Å². The molecule has 1 fully saturated rings. The summed E-state index contributed by atoms with van der Waals surface area (Å²) in [6.07, 6.45) is 0. The van der Waals surface area contributed by atoms with E-state index in [2.05, 4.69) is 54.1 Å². The van der Waals surface area contributed by atoms with Crippen molar-refractivity contribution in [2.24, 2.45) is 0 Å². The standard InChI is InChI=1S/C24H30N4OS2/c1-4-30-20-7-5-6-19(16-20)23(29)25-8-9-27-10-12-28(13-11-27)24-26-21-15-17(2)14-18(3)22(21)31-24/h5-7,14-16H,4,8-13H2,1-3H3,(H,25,29). The van der Waals surface area contributed by atoms with E-state index in [4.69, 9.17) is 4.98 Å². The summed E-state index contributed by atoms with van der Waals surface area (Å²) >= 11 is 3.56. The summed E-state index contributed by atoms with van der Waals surface area (Å²) in [4.78, 5) is 23.3. The molecule has 2 aromatic carbocycles. The van der Waals surface area contributed by atoms with E-state index in [-0.39, 0.29) is 5.91 Å². The molecule has 164 valence electrons. The second kappa shape index (κ2) is 10.0. The van der Waals surface area contributed by atoms with Crippen LogP contribution >= 0.6 is 23.1 Å². The molecule has 5 nitrogen and oxygen atoms in total. The van der Waals surface area contributed by atoms with Gasteiger partial charge in [0.15, 0.2) is 5.13 Å².